The zero-order chi connectivity index (χ0) is 31.8. The first kappa shape index (κ1) is 33.5. The summed E-state index contributed by atoms with van der Waals surface area (Å²) in [6, 6.07) is 3.28. The molecule has 2 aromatic rings. The summed E-state index contributed by atoms with van der Waals surface area (Å²) in [5, 5.41) is 18.2. The van der Waals surface area contributed by atoms with Crippen LogP contribution in [0.1, 0.15) is 58.4 Å². The molecule has 44 heavy (non-hydrogen) atoms. The number of hydrogen-bond acceptors (Lipinski definition) is 8. The summed E-state index contributed by atoms with van der Waals surface area (Å²) in [6.07, 6.45) is 8.70. The quantitative estimate of drug-likeness (QED) is 0.231. The Morgan fingerprint density at radius 1 is 1.14 bits per heavy atom. The van der Waals surface area contributed by atoms with Crippen molar-refractivity contribution in [2.24, 2.45) is 23.7 Å². The lowest BCUT2D eigenvalue weighted by atomic mass is 9.86. The molecule has 4 rings (SSSR count). The van der Waals surface area contributed by atoms with Crippen molar-refractivity contribution >= 4 is 35.8 Å². The van der Waals surface area contributed by atoms with Crippen molar-refractivity contribution in [3.05, 3.63) is 41.2 Å². The van der Waals surface area contributed by atoms with Gasteiger partial charge >= 0.3 is 6.09 Å². The molecule has 5 atom stereocenters. The van der Waals surface area contributed by atoms with E-state index in [-0.39, 0.29) is 23.8 Å². The van der Waals surface area contributed by atoms with Crippen molar-refractivity contribution in [3.8, 4) is 0 Å². The van der Waals surface area contributed by atoms with E-state index in [0.29, 0.717) is 49.2 Å². The van der Waals surface area contributed by atoms with Crippen LogP contribution in [0.2, 0.25) is 0 Å². The molecule has 1 saturated heterocycles. The Morgan fingerprint density at radius 3 is 2.52 bits per heavy atom. The zero-order valence-corrected chi connectivity index (χ0v) is 26.3. The van der Waals surface area contributed by atoms with Gasteiger partial charge in [0.05, 0.1) is 11.6 Å². The minimum Gasteiger partial charge on any atom is -0.442 e. The number of ether oxygens (including phenoxy) is 1. The van der Waals surface area contributed by atoms with Crippen LogP contribution in [0.25, 0.3) is 17.1 Å². The fourth-order valence-corrected chi connectivity index (χ4v) is 5.59. The Balaban J connectivity index is 1.48. The predicted molar refractivity (Wildman–Crippen MR) is 166 cm³/mol. The number of carbonyl (C=O) groups is 3. The van der Waals surface area contributed by atoms with E-state index in [1.165, 1.54) is 6.07 Å². The predicted octanol–water partition coefficient (Wildman–Crippen LogP) is 4.51. The van der Waals surface area contributed by atoms with E-state index < -0.39 is 30.0 Å². The standard InChI is InChI=1S/C33H46FN5O5/c1-22(6-10-31(23(2)5-9-27(42)11-16-40)44-33(43)38-14-12-37(4)13-15-38)28(21-41)24(3)17-26-18-29(34)32-30(19-26)39(36-35-32)20-25-7-8-25/h6,10,16-19,21-23,25,27-28,31,42H,5,7-9,11-15,20H2,1-4H3/b10-6+,24-17+/t22-,23-,27+,28-,31-/m0/s1. The average Bonchev–Trinajstić information content (AvgIpc) is 3.72. The number of piperazine rings is 1. The molecule has 0 spiro atoms. The Hall–Kier alpha value is -3.44. The van der Waals surface area contributed by atoms with Crippen molar-refractivity contribution in [2.75, 3.05) is 33.2 Å². The van der Waals surface area contributed by atoms with E-state index in [2.05, 4.69) is 15.2 Å². The van der Waals surface area contributed by atoms with Gasteiger partial charge in [0.2, 0.25) is 0 Å². The number of aliphatic hydroxyl groups is 1. The topological polar surface area (TPSA) is 118 Å². The van der Waals surface area contributed by atoms with Crippen LogP contribution in [0.5, 0.6) is 0 Å². The number of likely N-dealkylation sites (N-methyl/N-ethyl adjacent to an activating group) is 1. The highest BCUT2D eigenvalue weighted by atomic mass is 19.1. The average molecular weight is 612 g/mol. The van der Waals surface area contributed by atoms with E-state index in [1.807, 2.05) is 52.1 Å². The molecule has 0 radical (unpaired) electrons. The van der Waals surface area contributed by atoms with Gasteiger partial charge in [0.15, 0.2) is 5.82 Å². The van der Waals surface area contributed by atoms with Gasteiger partial charge in [-0.1, -0.05) is 36.8 Å². The lowest BCUT2D eigenvalue weighted by Crippen LogP contribution is -2.48. The van der Waals surface area contributed by atoms with E-state index in [0.717, 1.165) is 44.3 Å². The van der Waals surface area contributed by atoms with Crippen molar-refractivity contribution in [3.63, 3.8) is 0 Å². The minimum atomic E-state index is -0.744. The summed E-state index contributed by atoms with van der Waals surface area (Å²) in [5.41, 5.74) is 2.29. The maximum Gasteiger partial charge on any atom is 0.410 e. The number of amides is 1. The first-order chi connectivity index (χ1) is 21.1. The van der Waals surface area contributed by atoms with Gasteiger partial charge in [-0.15, -0.1) is 5.10 Å². The lowest BCUT2D eigenvalue weighted by molar-refractivity contribution is -0.111. The second-order valence-electron chi connectivity index (χ2n) is 12.6. The summed E-state index contributed by atoms with van der Waals surface area (Å²) in [4.78, 5) is 40.0. The normalized spacial score (nSPS) is 20.0. The van der Waals surface area contributed by atoms with Crippen molar-refractivity contribution in [2.45, 2.75) is 71.6 Å². The molecule has 1 aliphatic heterocycles. The fourth-order valence-electron chi connectivity index (χ4n) is 5.59. The third-order valence-electron chi connectivity index (χ3n) is 8.84. The number of rotatable bonds is 15. The number of aldehydes is 2. The number of fused-ring (bicyclic) bond motifs is 1. The highest BCUT2D eigenvalue weighted by Gasteiger charge is 2.27. The monoisotopic (exact) mass is 611 g/mol. The molecule has 2 fully saturated rings. The molecule has 11 heteroatoms. The number of halogens is 1. The molecule has 1 N–H and O–H groups in total. The minimum absolute atomic E-state index is 0.0637. The molecule has 240 valence electrons. The fraction of sp³-hybridized carbons (Fsp3) is 0.606. The van der Waals surface area contributed by atoms with E-state index in [9.17, 15) is 23.9 Å². The Morgan fingerprint density at radius 2 is 1.86 bits per heavy atom. The maximum absolute atomic E-state index is 14.9. The summed E-state index contributed by atoms with van der Waals surface area (Å²) >= 11 is 0. The summed E-state index contributed by atoms with van der Waals surface area (Å²) < 4.78 is 22.6. The van der Waals surface area contributed by atoms with Crippen LogP contribution >= 0.6 is 0 Å². The van der Waals surface area contributed by atoms with Gasteiger partial charge in [-0.2, -0.15) is 0 Å². The lowest BCUT2D eigenvalue weighted by Gasteiger charge is -2.33. The van der Waals surface area contributed by atoms with Crippen LogP contribution in [0.4, 0.5) is 9.18 Å². The number of aromatic nitrogens is 3. The van der Waals surface area contributed by atoms with Gasteiger partial charge in [-0.25, -0.2) is 13.9 Å². The summed E-state index contributed by atoms with van der Waals surface area (Å²) in [5.74, 6) is -0.747. The zero-order valence-electron chi connectivity index (χ0n) is 26.3. The van der Waals surface area contributed by atoms with E-state index in [1.54, 1.807) is 9.58 Å². The molecule has 1 aromatic heterocycles. The van der Waals surface area contributed by atoms with Crippen molar-refractivity contribution in [1.82, 2.24) is 24.8 Å². The number of hydrogen-bond donors (Lipinski definition) is 1. The van der Waals surface area contributed by atoms with E-state index >= 15 is 0 Å². The second-order valence-corrected chi connectivity index (χ2v) is 12.6. The molecule has 10 nitrogen and oxygen atoms in total. The highest BCUT2D eigenvalue weighted by molar-refractivity contribution is 5.79. The molecule has 0 unspecified atom stereocenters. The van der Waals surface area contributed by atoms with Gasteiger partial charge in [0.1, 0.15) is 24.2 Å². The maximum atomic E-state index is 14.9. The molecule has 1 aromatic carbocycles. The molecule has 1 aliphatic carbocycles. The third kappa shape index (κ3) is 9.04. The molecule has 1 amide bonds. The highest BCUT2D eigenvalue weighted by Crippen LogP contribution is 2.32. The SMILES string of the molecule is C/C(=C\c1cc(F)c2nnn(CC3CC3)c2c1)[C@@H](C=O)[C@@H](C)/C=C/[C@H](OC(=O)N1CCN(C)CC1)[C@@H](C)CC[C@@H](O)CC=O. The first-order valence-corrected chi connectivity index (χ1v) is 15.7. The van der Waals surface area contributed by atoms with Crippen LogP contribution < -0.4 is 0 Å². The Labute approximate surface area is 258 Å². The van der Waals surface area contributed by atoms with Gasteiger partial charge in [0, 0.05) is 45.1 Å². The number of nitrogens with zero attached hydrogens (tertiary/aromatic N) is 5. The van der Waals surface area contributed by atoms with E-state index in [4.69, 9.17) is 4.74 Å². The number of aliphatic hydroxyl groups excluding tert-OH is 1. The van der Waals surface area contributed by atoms with Gasteiger partial charge in [0.25, 0.3) is 0 Å². The van der Waals surface area contributed by atoms with Crippen LogP contribution in [-0.4, -0.2) is 94.0 Å². The van der Waals surface area contributed by atoms with Crippen LogP contribution in [0, 0.1) is 29.5 Å². The van der Waals surface area contributed by atoms with Crippen molar-refractivity contribution in [1.29, 1.82) is 0 Å². The molecular weight excluding hydrogens is 565 g/mol. The molecule has 0 bridgehead atoms. The molecule has 1 saturated carbocycles. The first-order valence-electron chi connectivity index (χ1n) is 15.7. The molecule has 2 heterocycles. The number of allylic oxidation sites excluding steroid dienone is 2. The summed E-state index contributed by atoms with van der Waals surface area (Å²) in [7, 11) is 2.01. The van der Waals surface area contributed by atoms with Crippen LogP contribution in [0.3, 0.4) is 0 Å². The smallest absolute Gasteiger partial charge is 0.410 e. The van der Waals surface area contributed by atoms with Gasteiger partial charge < -0.3 is 29.2 Å². The van der Waals surface area contributed by atoms with Crippen LogP contribution in [0.15, 0.2) is 29.9 Å². The van der Waals surface area contributed by atoms with Crippen molar-refractivity contribution < 1.29 is 28.6 Å². The summed E-state index contributed by atoms with van der Waals surface area (Å²) in [6.45, 7) is 9.13. The van der Waals surface area contributed by atoms with Crippen LogP contribution in [-0.2, 0) is 20.9 Å². The number of benzene rings is 1. The Bertz CT molecular complexity index is 1350. The van der Waals surface area contributed by atoms with Gasteiger partial charge in [-0.3, -0.25) is 0 Å². The van der Waals surface area contributed by atoms with Gasteiger partial charge in [-0.05, 0) is 81.2 Å². The largest absolute Gasteiger partial charge is 0.442 e. The molecular formula is C33H46FN5O5. The number of carbonyl (C=O) groups excluding carboxylic acids is 3. The molecule has 2 aliphatic rings. The Kier molecular flexibility index (Phi) is 11.8. The third-order valence-corrected chi connectivity index (χ3v) is 8.84. The second kappa shape index (κ2) is 15.5.